The molecule has 170 valence electrons. The molecule has 1 saturated carbocycles. The Morgan fingerprint density at radius 2 is 1.73 bits per heavy atom. The Balaban J connectivity index is 1.62. The molecule has 0 radical (unpaired) electrons. The van der Waals surface area contributed by atoms with E-state index in [1.54, 1.807) is 6.92 Å². The number of amides is 2. The number of ether oxygens (including phenoxy) is 2. The van der Waals surface area contributed by atoms with Crippen molar-refractivity contribution in [2.24, 2.45) is 5.92 Å². The molecular weight excluding hydrogens is 386 g/mol. The summed E-state index contributed by atoms with van der Waals surface area (Å²) in [5.74, 6) is 0.0564. The Morgan fingerprint density at radius 3 is 2.37 bits per heavy atom. The van der Waals surface area contributed by atoms with E-state index in [-0.39, 0.29) is 30.5 Å². The molecule has 0 spiro atoms. The number of nitrogens with zero attached hydrogens (tertiary/aromatic N) is 2. The fraction of sp³-hybridized carbons (Fsp3) is 0.864. The minimum atomic E-state index is -0.709. The Hall–Kier alpha value is -1.83. The third-order valence-corrected chi connectivity index (χ3v) is 6.21. The lowest BCUT2D eigenvalue weighted by Gasteiger charge is -2.30. The summed E-state index contributed by atoms with van der Waals surface area (Å²) in [5.41, 5.74) is -0.631. The van der Waals surface area contributed by atoms with Gasteiger partial charge in [-0.2, -0.15) is 0 Å². The lowest BCUT2D eigenvalue weighted by molar-refractivity contribution is -0.149. The van der Waals surface area contributed by atoms with Crippen LogP contribution in [0.3, 0.4) is 0 Å². The van der Waals surface area contributed by atoms with Crippen LogP contribution in [0.15, 0.2) is 0 Å². The van der Waals surface area contributed by atoms with Crippen LogP contribution in [0.4, 0.5) is 4.79 Å². The Kier molecular flexibility index (Phi) is 7.26. The molecule has 0 aromatic carbocycles. The van der Waals surface area contributed by atoms with Crippen LogP contribution >= 0.6 is 0 Å². The first-order chi connectivity index (χ1) is 14.2. The maximum atomic E-state index is 12.7. The lowest BCUT2D eigenvalue weighted by Crippen LogP contribution is -2.53. The number of carbonyl (C=O) groups excluding carboxylic acids is 3. The van der Waals surface area contributed by atoms with Crippen molar-refractivity contribution in [2.45, 2.75) is 89.9 Å². The SMILES string of the molecule is CCOC(=O)[C@@H]1[C@H](N[C@@H]2CCN(C(=O)C3CCCC3)C2)CCN1C(=O)OC(C)(C)C. The molecule has 2 saturated heterocycles. The molecule has 1 aliphatic carbocycles. The van der Waals surface area contributed by atoms with Gasteiger partial charge in [-0.25, -0.2) is 9.59 Å². The summed E-state index contributed by atoms with van der Waals surface area (Å²) in [5, 5.41) is 3.55. The molecule has 0 aromatic heterocycles. The summed E-state index contributed by atoms with van der Waals surface area (Å²) in [4.78, 5) is 41.5. The molecule has 3 atom stereocenters. The third-order valence-electron chi connectivity index (χ3n) is 6.21. The van der Waals surface area contributed by atoms with Gasteiger partial charge in [-0.15, -0.1) is 0 Å². The number of nitrogens with one attached hydrogen (secondary N) is 1. The van der Waals surface area contributed by atoms with Gasteiger partial charge >= 0.3 is 12.1 Å². The van der Waals surface area contributed by atoms with Crippen molar-refractivity contribution in [3.05, 3.63) is 0 Å². The molecule has 8 nitrogen and oxygen atoms in total. The quantitative estimate of drug-likeness (QED) is 0.683. The number of hydrogen-bond donors (Lipinski definition) is 1. The standard InChI is InChI=1S/C22H37N3O5/c1-5-29-20(27)18-17(11-13-25(18)21(28)30-22(2,3)4)23-16-10-12-24(14-16)19(26)15-8-6-7-9-15/h15-18,23H,5-14H2,1-4H3/t16-,17-,18+/m1/s1. The molecule has 1 N–H and O–H groups in total. The number of likely N-dealkylation sites (tertiary alicyclic amines) is 2. The predicted molar refractivity (Wildman–Crippen MR) is 112 cm³/mol. The van der Waals surface area contributed by atoms with Gasteiger partial charge in [-0.1, -0.05) is 12.8 Å². The monoisotopic (exact) mass is 423 g/mol. The topological polar surface area (TPSA) is 88.2 Å². The Morgan fingerprint density at radius 1 is 1.03 bits per heavy atom. The largest absolute Gasteiger partial charge is 0.464 e. The highest BCUT2D eigenvalue weighted by Gasteiger charge is 2.45. The van der Waals surface area contributed by atoms with Gasteiger partial charge in [0.25, 0.3) is 0 Å². The van der Waals surface area contributed by atoms with Crippen molar-refractivity contribution < 1.29 is 23.9 Å². The maximum absolute atomic E-state index is 12.7. The van der Waals surface area contributed by atoms with E-state index in [0.29, 0.717) is 19.5 Å². The van der Waals surface area contributed by atoms with Gasteiger partial charge in [-0.3, -0.25) is 9.69 Å². The molecule has 3 aliphatic rings. The normalized spacial score (nSPS) is 27.5. The smallest absolute Gasteiger partial charge is 0.411 e. The van der Waals surface area contributed by atoms with Gasteiger partial charge in [0.2, 0.25) is 5.91 Å². The molecule has 2 amide bonds. The molecule has 0 aromatic rings. The summed E-state index contributed by atoms with van der Waals surface area (Å²) in [6, 6.07) is -0.793. The highest BCUT2D eigenvalue weighted by molar-refractivity contribution is 5.83. The van der Waals surface area contributed by atoms with Crippen molar-refractivity contribution in [3.63, 3.8) is 0 Å². The zero-order valence-electron chi connectivity index (χ0n) is 18.8. The Labute approximate surface area is 179 Å². The summed E-state index contributed by atoms with van der Waals surface area (Å²) in [7, 11) is 0. The average molecular weight is 424 g/mol. The van der Waals surface area contributed by atoms with Gasteiger partial charge < -0.3 is 19.7 Å². The van der Waals surface area contributed by atoms with Crippen LogP contribution in [0.1, 0.15) is 66.2 Å². The summed E-state index contributed by atoms with van der Waals surface area (Å²) in [6.45, 7) is 9.30. The molecule has 30 heavy (non-hydrogen) atoms. The van der Waals surface area contributed by atoms with E-state index in [2.05, 4.69) is 5.32 Å². The highest BCUT2D eigenvalue weighted by Crippen LogP contribution is 2.29. The second-order valence-corrected chi connectivity index (χ2v) is 9.68. The summed E-state index contributed by atoms with van der Waals surface area (Å²) >= 11 is 0. The minimum absolute atomic E-state index is 0.121. The van der Waals surface area contributed by atoms with E-state index < -0.39 is 23.7 Å². The van der Waals surface area contributed by atoms with Gasteiger partial charge in [0, 0.05) is 37.6 Å². The van der Waals surface area contributed by atoms with Crippen LogP contribution in [0, 0.1) is 5.92 Å². The van der Waals surface area contributed by atoms with E-state index in [4.69, 9.17) is 9.47 Å². The molecule has 0 bridgehead atoms. The van der Waals surface area contributed by atoms with Crippen LogP contribution in [0.5, 0.6) is 0 Å². The fourth-order valence-electron chi connectivity index (χ4n) is 4.84. The van der Waals surface area contributed by atoms with Crippen LogP contribution in [-0.4, -0.2) is 77.7 Å². The molecule has 8 heteroatoms. The lowest BCUT2D eigenvalue weighted by atomic mass is 10.1. The van der Waals surface area contributed by atoms with Crippen LogP contribution in [0.25, 0.3) is 0 Å². The number of hydrogen-bond acceptors (Lipinski definition) is 6. The average Bonchev–Trinajstić information content (AvgIpc) is 3.41. The fourth-order valence-corrected chi connectivity index (χ4v) is 4.84. The summed E-state index contributed by atoms with van der Waals surface area (Å²) < 4.78 is 10.8. The van der Waals surface area contributed by atoms with Crippen molar-refractivity contribution in [3.8, 4) is 0 Å². The molecule has 0 unspecified atom stereocenters. The van der Waals surface area contributed by atoms with Crippen LogP contribution < -0.4 is 5.32 Å². The van der Waals surface area contributed by atoms with E-state index in [9.17, 15) is 14.4 Å². The van der Waals surface area contributed by atoms with Crippen molar-refractivity contribution in [1.29, 1.82) is 0 Å². The van der Waals surface area contributed by atoms with E-state index in [1.165, 1.54) is 4.90 Å². The second kappa shape index (κ2) is 9.54. The molecular formula is C22H37N3O5. The number of esters is 1. The van der Waals surface area contributed by atoms with Crippen molar-refractivity contribution >= 4 is 18.0 Å². The zero-order chi connectivity index (χ0) is 21.9. The minimum Gasteiger partial charge on any atom is -0.464 e. The van der Waals surface area contributed by atoms with Crippen molar-refractivity contribution in [1.82, 2.24) is 15.1 Å². The summed E-state index contributed by atoms with van der Waals surface area (Å²) in [6.07, 6.45) is 5.32. The Bertz CT molecular complexity index is 641. The van der Waals surface area contributed by atoms with Crippen molar-refractivity contribution in [2.75, 3.05) is 26.2 Å². The van der Waals surface area contributed by atoms with E-state index in [0.717, 1.165) is 38.6 Å². The first-order valence-electron chi connectivity index (χ1n) is 11.4. The first kappa shape index (κ1) is 22.8. The second-order valence-electron chi connectivity index (χ2n) is 9.68. The predicted octanol–water partition coefficient (Wildman–Crippen LogP) is 2.31. The maximum Gasteiger partial charge on any atom is 0.411 e. The zero-order valence-corrected chi connectivity index (χ0v) is 18.8. The molecule has 3 fully saturated rings. The number of carbonyl (C=O) groups is 3. The van der Waals surface area contributed by atoms with Crippen LogP contribution in [0.2, 0.25) is 0 Å². The van der Waals surface area contributed by atoms with Gasteiger partial charge in [-0.05, 0) is 53.4 Å². The highest BCUT2D eigenvalue weighted by atomic mass is 16.6. The first-order valence-corrected chi connectivity index (χ1v) is 11.4. The molecule has 3 rings (SSSR count). The van der Waals surface area contributed by atoms with E-state index in [1.807, 2.05) is 25.7 Å². The molecule has 2 aliphatic heterocycles. The molecule has 2 heterocycles. The van der Waals surface area contributed by atoms with Crippen LogP contribution in [-0.2, 0) is 19.1 Å². The van der Waals surface area contributed by atoms with Gasteiger partial charge in [0.1, 0.15) is 11.6 Å². The number of rotatable bonds is 5. The van der Waals surface area contributed by atoms with Gasteiger partial charge in [0.15, 0.2) is 0 Å². The van der Waals surface area contributed by atoms with Gasteiger partial charge in [0.05, 0.1) is 6.61 Å². The third kappa shape index (κ3) is 5.45. The van der Waals surface area contributed by atoms with E-state index >= 15 is 0 Å².